The second-order valence-electron chi connectivity index (χ2n) is 3.15. The maximum atomic E-state index is 11.2. The molecule has 0 radical (unpaired) electrons. The molecule has 1 heterocycles. The molecule has 3 nitrogen and oxygen atoms in total. The summed E-state index contributed by atoms with van der Waals surface area (Å²) >= 11 is 0. The lowest BCUT2D eigenvalue weighted by Gasteiger charge is -2.38. The largest absolute Gasteiger partial charge is 0.342 e. The van der Waals surface area contributed by atoms with Gasteiger partial charge in [0.05, 0.1) is 0 Å². The van der Waals surface area contributed by atoms with Gasteiger partial charge in [-0.3, -0.25) is 4.79 Å². The number of carbonyl (C=O) groups is 1. The van der Waals surface area contributed by atoms with Gasteiger partial charge in [0.25, 0.3) is 0 Å². The van der Waals surface area contributed by atoms with Crippen LogP contribution in [0.2, 0.25) is 0 Å². The monoisotopic (exact) mass is 156 g/mol. The molecule has 0 unspecified atom stereocenters. The zero-order valence-corrected chi connectivity index (χ0v) is 7.05. The van der Waals surface area contributed by atoms with Crippen molar-refractivity contribution in [3.05, 3.63) is 0 Å². The number of rotatable bonds is 3. The Kier molecular flexibility index (Phi) is 2.88. The van der Waals surface area contributed by atoms with Gasteiger partial charge in [-0.25, -0.2) is 0 Å². The molecular formula is C8H16N2O. The summed E-state index contributed by atoms with van der Waals surface area (Å²) in [6, 6.07) is 0. The highest BCUT2D eigenvalue weighted by molar-refractivity contribution is 5.76. The summed E-state index contributed by atoms with van der Waals surface area (Å²) in [7, 11) is 0. The molecule has 0 aromatic carbocycles. The minimum Gasteiger partial charge on any atom is -0.342 e. The number of hydrogen-bond donors (Lipinski definition) is 1. The molecule has 0 bridgehead atoms. The Hall–Kier alpha value is -0.570. The fraction of sp³-hybridized carbons (Fsp3) is 0.875. The standard InChI is InChI=1S/C8H16N2O/c1-2-3-8(11)10-5-7(4-9)6-10/h7H,2-6,9H2,1H3. The third-order valence-corrected chi connectivity index (χ3v) is 2.11. The quantitative estimate of drug-likeness (QED) is 0.634. The molecule has 0 aromatic heterocycles. The van der Waals surface area contributed by atoms with E-state index in [1.165, 1.54) is 0 Å². The van der Waals surface area contributed by atoms with Crippen molar-refractivity contribution >= 4 is 5.91 Å². The molecule has 0 saturated carbocycles. The molecule has 1 saturated heterocycles. The van der Waals surface area contributed by atoms with E-state index in [4.69, 9.17) is 5.73 Å². The lowest BCUT2D eigenvalue weighted by atomic mass is 10.00. The maximum absolute atomic E-state index is 11.2. The number of nitrogens with zero attached hydrogens (tertiary/aromatic N) is 1. The van der Waals surface area contributed by atoms with Crippen molar-refractivity contribution in [1.29, 1.82) is 0 Å². The third-order valence-electron chi connectivity index (χ3n) is 2.11. The Bertz CT molecular complexity index is 141. The first-order chi connectivity index (χ1) is 5.27. The zero-order valence-electron chi connectivity index (χ0n) is 7.05. The first-order valence-corrected chi connectivity index (χ1v) is 4.25. The molecule has 0 aliphatic carbocycles. The van der Waals surface area contributed by atoms with Crippen LogP contribution in [-0.2, 0) is 4.79 Å². The van der Waals surface area contributed by atoms with Crippen molar-refractivity contribution < 1.29 is 4.79 Å². The number of amides is 1. The molecule has 2 N–H and O–H groups in total. The van der Waals surface area contributed by atoms with Crippen LogP contribution in [0.1, 0.15) is 19.8 Å². The topological polar surface area (TPSA) is 46.3 Å². The molecule has 1 fully saturated rings. The van der Waals surface area contributed by atoms with Crippen LogP contribution in [-0.4, -0.2) is 30.4 Å². The Balaban J connectivity index is 2.16. The molecule has 11 heavy (non-hydrogen) atoms. The van der Waals surface area contributed by atoms with Crippen LogP contribution in [0.25, 0.3) is 0 Å². The molecule has 0 atom stereocenters. The van der Waals surface area contributed by atoms with Crippen molar-refractivity contribution in [3.8, 4) is 0 Å². The van der Waals surface area contributed by atoms with E-state index in [1.54, 1.807) is 0 Å². The van der Waals surface area contributed by atoms with Gasteiger partial charge in [-0.05, 0) is 13.0 Å². The van der Waals surface area contributed by atoms with Gasteiger partial charge >= 0.3 is 0 Å². The van der Waals surface area contributed by atoms with E-state index in [-0.39, 0.29) is 5.91 Å². The number of hydrogen-bond acceptors (Lipinski definition) is 2. The van der Waals surface area contributed by atoms with Crippen molar-refractivity contribution in [1.82, 2.24) is 4.90 Å². The second-order valence-corrected chi connectivity index (χ2v) is 3.15. The average molecular weight is 156 g/mol. The van der Waals surface area contributed by atoms with Crippen molar-refractivity contribution in [2.24, 2.45) is 11.7 Å². The van der Waals surface area contributed by atoms with Crippen molar-refractivity contribution in [2.45, 2.75) is 19.8 Å². The summed E-state index contributed by atoms with van der Waals surface area (Å²) in [4.78, 5) is 13.1. The summed E-state index contributed by atoms with van der Waals surface area (Å²) in [5.41, 5.74) is 5.43. The van der Waals surface area contributed by atoms with Crippen LogP contribution >= 0.6 is 0 Å². The molecule has 1 aliphatic heterocycles. The van der Waals surface area contributed by atoms with E-state index < -0.39 is 0 Å². The summed E-state index contributed by atoms with van der Waals surface area (Å²) in [5, 5.41) is 0. The molecule has 0 aromatic rings. The van der Waals surface area contributed by atoms with Crippen LogP contribution in [0.4, 0.5) is 0 Å². The molecular weight excluding hydrogens is 140 g/mol. The van der Waals surface area contributed by atoms with Gasteiger partial charge in [0.15, 0.2) is 0 Å². The van der Waals surface area contributed by atoms with Gasteiger partial charge in [0, 0.05) is 25.4 Å². The van der Waals surface area contributed by atoms with Crippen molar-refractivity contribution in [2.75, 3.05) is 19.6 Å². The van der Waals surface area contributed by atoms with E-state index in [0.717, 1.165) is 26.1 Å². The van der Waals surface area contributed by atoms with Gasteiger partial charge < -0.3 is 10.6 Å². The SMILES string of the molecule is CCCC(=O)N1CC(CN)C1. The zero-order chi connectivity index (χ0) is 8.27. The number of carbonyl (C=O) groups excluding carboxylic acids is 1. The van der Waals surface area contributed by atoms with E-state index in [1.807, 2.05) is 11.8 Å². The first-order valence-electron chi connectivity index (χ1n) is 4.25. The van der Waals surface area contributed by atoms with E-state index in [0.29, 0.717) is 12.3 Å². The molecule has 1 aliphatic rings. The van der Waals surface area contributed by atoms with Crippen LogP contribution in [0.3, 0.4) is 0 Å². The molecule has 0 spiro atoms. The highest BCUT2D eigenvalue weighted by Gasteiger charge is 2.28. The van der Waals surface area contributed by atoms with Crippen LogP contribution in [0.5, 0.6) is 0 Å². The average Bonchev–Trinajstić information content (AvgIpc) is 1.86. The Morgan fingerprint density at radius 2 is 2.27 bits per heavy atom. The summed E-state index contributed by atoms with van der Waals surface area (Å²) < 4.78 is 0. The number of likely N-dealkylation sites (tertiary alicyclic amines) is 1. The molecule has 1 amide bonds. The lowest BCUT2D eigenvalue weighted by molar-refractivity contribution is -0.137. The summed E-state index contributed by atoms with van der Waals surface area (Å²) in [6.07, 6.45) is 1.64. The number of nitrogens with two attached hydrogens (primary N) is 1. The predicted octanol–water partition coefficient (Wildman–Crippen LogP) is 0.204. The first kappa shape index (κ1) is 8.53. The summed E-state index contributed by atoms with van der Waals surface area (Å²) in [5.74, 6) is 0.855. The predicted molar refractivity (Wildman–Crippen MR) is 44.0 cm³/mol. The van der Waals surface area contributed by atoms with Crippen LogP contribution in [0.15, 0.2) is 0 Å². The fourth-order valence-electron chi connectivity index (χ4n) is 1.29. The minimum absolute atomic E-state index is 0.289. The van der Waals surface area contributed by atoms with E-state index >= 15 is 0 Å². The van der Waals surface area contributed by atoms with Crippen LogP contribution in [0, 0.1) is 5.92 Å². The molecule has 1 rings (SSSR count). The summed E-state index contributed by atoms with van der Waals surface area (Å²) in [6.45, 7) is 4.51. The second kappa shape index (κ2) is 3.72. The van der Waals surface area contributed by atoms with Crippen molar-refractivity contribution in [3.63, 3.8) is 0 Å². The lowest BCUT2D eigenvalue weighted by Crippen LogP contribution is -2.52. The Morgan fingerprint density at radius 3 is 2.73 bits per heavy atom. The van der Waals surface area contributed by atoms with Gasteiger partial charge in [-0.15, -0.1) is 0 Å². The van der Waals surface area contributed by atoms with Gasteiger partial charge in [-0.1, -0.05) is 6.92 Å². The smallest absolute Gasteiger partial charge is 0.222 e. The normalized spacial score (nSPS) is 18.2. The van der Waals surface area contributed by atoms with Gasteiger partial charge in [0.2, 0.25) is 5.91 Å². The maximum Gasteiger partial charge on any atom is 0.222 e. The van der Waals surface area contributed by atoms with E-state index in [9.17, 15) is 4.79 Å². The third kappa shape index (κ3) is 1.93. The Labute approximate surface area is 67.5 Å². The van der Waals surface area contributed by atoms with Gasteiger partial charge in [-0.2, -0.15) is 0 Å². The minimum atomic E-state index is 0.289. The Morgan fingerprint density at radius 1 is 1.64 bits per heavy atom. The molecule has 64 valence electrons. The van der Waals surface area contributed by atoms with Crippen LogP contribution < -0.4 is 5.73 Å². The van der Waals surface area contributed by atoms with Gasteiger partial charge in [0.1, 0.15) is 0 Å². The highest BCUT2D eigenvalue weighted by atomic mass is 16.2. The molecule has 3 heteroatoms. The van der Waals surface area contributed by atoms with E-state index in [2.05, 4.69) is 0 Å². The fourth-order valence-corrected chi connectivity index (χ4v) is 1.29. The highest BCUT2D eigenvalue weighted by Crippen LogP contribution is 2.15.